The van der Waals surface area contributed by atoms with Gasteiger partial charge in [-0.1, -0.05) is 13.0 Å². The second-order valence-corrected chi connectivity index (χ2v) is 5.77. The first kappa shape index (κ1) is 14.6. The summed E-state index contributed by atoms with van der Waals surface area (Å²) in [6, 6.07) is 5.77. The number of aromatic nitrogens is 2. The fourth-order valence-corrected chi connectivity index (χ4v) is 2.24. The zero-order valence-corrected chi connectivity index (χ0v) is 12.8. The van der Waals surface area contributed by atoms with Gasteiger partial charge in [-0.2, -0.15) is 0 Å². The van der Waals surface area contributed by atoms with E-state index in [0.29, 0.717) is 11.2 Å². The van der Waals surface area contributed by atoms with Crippen LogP contribution in [0.1, 0.15) is 54.2 Å². The van der Waals surface area contributed by atoms with E-state index in [-0.39, 0.29) is 29.7 Å². The standard InChI is InChI=1S/C16H20N4O2/c1-3-10(2)17-16(22)14-19-13(15(21)18-11-7-8-11)12-6-4-5-9-20(12)14/h4-6,9-11H,3,7-8H2,1-2H3,(H,17,22)(H,18,21). The Kier molecular flexibility index (Phi) is 3.83. The van der Waals surface area contributed by atoms with E-state index < -0.39 is 0 Å². The summed E-state index contributed by atoms with van der Waals surface area (Å²) in [4.78, 5) is 29.0. The van der Waals surface area contributed by atoms with E-state index in [1.807, 2.05) is 26.0 Å². The van der Waals surface area contributed by atoms with E-state index in [1.54, 1.807) is 16.7 Å². The van der Waals surface area contributed by atoms with Crippen molar-refractivity contribution in [1.82, 2.24) is 20.0 Å². The van der Waals surface area contributed by atoms with Gasteiger partial charge in [0.15, 0.2) is 5.69 Å². The molecule has 1 unspecified atom stereocenters. The highest BCUT2D eigenvalue weighted by Gasteiger charge is 2.27. The molecule has 0 bridgehead atoms. The second-order valence-electron chi connectivity index (χ2n) is 5.77. The molecular weight excluding hydrogens is 280 g/mol. The van der Waals surface area contributed by atoms with Crippen LogP contribution in [0.2, 0.25) is 0 Å². The first-order valence-corrected chi connectivity index (χ1v) is 7.69. The summed E-state index contributed by atoms with van der Waals surface area (Å²) in [6.45, 7) is 3.94. The Balaban J connectivity index is 1.96. The highest BCUT2D eigenvalue weighted by atomic mass is 16.2. The monoisotopic (exact) mass is 300 g/mol. The van der Waals surface area contributed by atoms with Crippen LogP contribution in [0.3, 0.4) is 0 Å². The number of hydrogen-bond donors (Lipinski definition) is 2. The van der Waals surface area contributed by atoms with E-state index in [9.17, 15) is 9.59 Å². The molecule has 0 radical (unpaired) electrons. The fourth-order valence-electron chi connectivity index (χ4n) is 2.24. The summed E-state index contributed by atoms with van der Waals surface area (Å²) in [5.41, 5.74) is 0.955. The normalized spacial score (nSPS) is 15.5. The van der Waals surface area contributed by atoms with Crippen molar-refractivity contribution in [3.05, 3.63) is 35.9 Å². The van der Waals surface area contributed by atoms with Crippen LogP contribution in [0.25, 0.3) is 5.52 Å². The molecule has 2 aromatic rings. The van der Waals surface area contributed by atoms with Crippen molar-refractivity contribution in [3.63, 3.8) is 0 Å². The third-order valence-corrected chi connectivity index (χ3v) is 3.87. The van der Waals surface area contributed by atoms with Crippen molar-refractivity contribution >= 4 is 17.3 Å². The largest absolute Gasteiger partial charge is 0.348 e. The van der Waals surface area contributed by atoms with Gasteiger partial charge in [0.25, 0.3) is 11.8 Å². The quantitative estimate of drug-likeness (QED) is 0.883. The second kappa shape index (κ2) is 5.79. The smallest absolute Gasteiger partial charge is 0.287 e. The van der Waals surface area contributed by atoms with Crippen molar-refractivity contribution in [2.24, 2.45) is 0 Å². The summed E-state index contributed by atoms with van der Waals surface area (Å²) in [5, 5.41) is 5.81. The number of fused-ring (bicyclic) bond motifs is 1. The fraction of sp³-hybridized carbons (Fsp3) is 0.438. The molecule has 6 heteroatoms. The molecule has 3 rings (SSSR count). The number of nitrogens with zero attached hydrogens (tertiary/aromatic N) is 2. The van der Waals surface area contributed by atoms with Crippen molar-refractivity contribution in [1.29, 1.82) is 0 Å². The van der Waals surface area contributed by atoms with Gasteiger partial charge in [-0.05, 0) is 38.3 Å². The van der Waals surface area contributed by atoms with E-state index in [2.05, 4.69) is 15.6 Å². The molecule has 22 heavy (non-hydrogen) atoms. The number of amides is 2. The summed E-state index contributed by atoms with van der Waals surface area (Å²) in [6.07, 6.45) is 4.61. The van der Waals surface area contributed by atoms with E-state index in [1.165, 1.54) is 0 Å². The third-order valence-electron chi connectivity index (χ3n) is 3.87. The number of nitrogens with one attached hydrogen (secondary N) is 2. The van der Waals surface area contributed by atoms with Gasteiger partial charge >= 0.3 is 0 Å². The lowest BCUT2D eigenvalue weighted by atomic mass is 10.2. The van der Waals surface area contributed by atoms with Crippen molar-refractivity contribution < 1.29 is 9.59 Å². The lowest BCUT2D eigenvalue weighted by molar-refractivity contribution is 0.0928. The van der Waals surface area contributed by atoms with Crippen LogP contribution in [-0.2, 0) is 0 Å². The van der Waals surface area contributed by atoms with Crippen LogP contribution in [0.4, 0.5) is 0 Å². The molecule has 2 aromatic heterocycles. The highest BCUT2D eigenvalue weighted by molar-refractivity contribution is 6.02. The number of carbonyl (C=O) groups excluding carboxylic acids is 2. The molecule has 0 spiro atoms. The molecule has 0 aromatic carbocycles. The Bertz CT molecular complexity index is 718. The summed E-state index contributed by atoms with van der Waals surface area (Å²) in [5.74, 6) is -0.230. The molecule has 6 nitrogen and oxygen atoms in total. The third kappa shape index (κ3) is 2.81. The van der Waals surface area contributed by atoms with Gasteiger partial charge in [0.2, 0.25) is 5.82 Å². The molecule has 2 amide bonds. The Labute approximate surface area is 128 Å². The average Bonchev–Trinajstić information content (AvgIpc) is 3.24. The van der Waals surface area contributed by atoms with Gasteiger partial charge < -0.3 is 10.6 Å². The maximum absolute atomic E-state index is 12.4. The predicted molar refractivity (Wildman–Crippen MR) is 82.9 cm³/mol. The highest BCUT2D eigenvalue weighted by Crippen LogP contribution is 2.20. The van der Waals surface area contributed by atoms with Gasteiger partial charge in [0, 0.05) is 18.3 Å². The molecule has 2 heterocycles. The number of pyridine rings is 1. The first-order chi connectivity index (χ1) is 10.6. The van der Waals surface area contributed by atoms with Gasteiger partial charge in [0.05, 0.1) is 5.52 Å². The summed E-state index contributed by atoms with van der Waals surface area (Å²) < 4.78 is 1.67. The molecule has 0 aliphatic heterocycles. The Morgan fingerprint density at radius 2 is 2.14 bits per heavy atom. The number of imidazole rings is 1. The zero-order valence-electron chi connectivity index (χ0n) is 12.8. The van der Waals surface area contributed by atoms with Gasteiger partial charge in [-0.3, -0.25) is 14.0 Å². The van der Waals surface area contributed by atoms with E-state index in [4.69, 9.17) is 0 Å². The molecule has 1 atom stereocenters. The number of rotatable bonds is 5. The van der Waals surface area contributed by atoms with Crippen LogP contribution in [0.5, 0.6) is 0 Å². The van der Waals surface area contributed by atoms with Crippen LogP contribution < -0.4 is 10.6 Å². The molecule has 116 valence electrons. The van der Waals surface area contributed by atoms with Gasteiger partial charge in [0.1, 0.15) is 0 Å². The lowest BCUT2D eigenvalue weighted by Crippen LogP contribution is -2.33. The maximum atomic E-state index is 12.4. The molecule has 2 N–H and O–H groups in total. The summed E-state index contributed by atoms with van der Waals surface area (Å²) in [7, 11) is 0. The van der Waals surface area contributed by atoms with Crippen molar-refractivity contribution in [2.45, 2.75) is 45.2 Å². The Hall–Kier alpha value is -2.37. The SMILES string of the molecule is CCC(C)NC(=O)c1nc(C(=O)NC2CC2)c2ccccn12. The predicted octanol–water partition coefficient (Wildman–Crippen LogP) is 1.75. The van der Waals surface area contributed by atoms with Crippen LogP contribution in [-0.4, -0.2) is 33.3 Å². The van der Waals surface area contributed by atoms with Crippen LogP contribution in [0, 0.1) is 0 Å². The zero-order chi connectivity index (χ0) is 15.7. The molecule has 1 fully saturated rings. The number of carbonyl (C=O) groups is 2. The van der Waals surface area contributed by atoms with Gasteiger partial charge in [-0.25, -0.2) is 4.98 Å². The van der Waals surface area contributed by atoms with Crippen LogP contribution in [0.15, 0.2) is 24.4 Å². The first-order valence-electron chi connectivity index (χ1n) is 7.69. The van der Waals surface area contributed by atoms with E-state index in [0.717, 1.165) is 19.3 Å². The lowest BCUT2D eigenvalue weighted by Gasteiger charge is -2.10. The molecule has 1 saturated carbocycles. The molecule has 1 aliphatic carbocycles. The average molecular weight is 300 g/mol. The molecule has 0 saturated heterocycles. The summed E-state index contributed by atoms with van der Waals surface area (Å²) >= 11 is 0. The van der Waals surface area contributed by atoms with E-state index >= 15 is 0 Å². The maximum Gasteiger partial charge on any atom is 0.287 e. The Morgan fingerprint density at radius 3 is 2.82 bits per heavy atom. The van der Waals surface area contributed by atoms with Crippen molar-refractivity contribution in [3.8, 4) is 0 Å². The number of hydrogen-bond acceptors (Lipinski definition) is 3. The minimum Gasteiger partial charge on any atom is -0.348 e. The topological polar surface area (TPSA) is 75.5 Å². The van der Waals surface area contributed by atoms with Crippen LogP contribution >= 0.6 is 0 Å². The molecule has 1 aliphatic rings. The molecular formula is C16H20N4O2. The minimum atomic E-state index is -0.263. The van der Waals surface area contributed by atoms with Crippen molar-refractivity contribution in [2.75, 3.05) is 0 Å². The minimum absolute atomic E-state index is 0.0623. The Morgan fingerprint density at radius 1 is 1.36 bits per heavy atom. The van der Waals surface area contributed by atoms with Gasteiger partial charge in [-0.15, -0.1) is 0 Å².